The molecule has 4 heteroatoms. The molecule has 0 spiro atoms. The first-order valence-electron chi connectivity index (χ1n) is 14.8. The van der Waals surface area contributed by atoms with Crippen molar-refractivity contribution < 1.29 is 44.3 Å². The van der Waals surface area contributed by atoms with Crippen molar-refractivity contribution in [2.45, 2.75) is 181 Å². The molecule has 0 heterocycles. The van der Waals surface area contributed by atoms with Gasteiger partial charge in [0.05, 0.1) is 0 Å². The van der Waals surface area contributed by atoms with Crippen molar-refractivity contribution in [1.82, 2.24) is 0 Å². The van der Waals surface area contributed by atoms with Gasteiger partial charge in [-0.3, -0.25) is 11.1 Å². The largest absolute Gasteiger partial charge is 1.00 e. The van der Waals surface area contributed by atoms with E-state index in [1.807, 2.05) is 6.29 Å². The van der Waals surface area contributed by atoms with Crippen molar-refractivity contribution in [1.29, 1.82) is 0 Å². The third kappa shape index (κ3) is 42.3. The van der Waals surface area contributed by atoms with E-state index < -0.39 is 5.97 Å². The van der Waals surface area contributed by atoms with Crippen molar-refractivity contribution in [3.05, 3.63) is 0 Å². The number of hydrogen-bond acceptors (Lipinski definition) is 2. The molecule has 0 radical (unpaired) electrons. The van der Waals surface area contributed by atoms with Gasteiger partial charge in [-0.15, -0.1) is 0 Å². The minimum atomic E-state index is -0.659. The average molecular weight is 491 g/mol. The van der Waals surface area contributed by atoms with E-state index in [0.29, 0.717) is 12.8 Å². The fraction of sp³-hybridized carbons (Fsp3) is 0.933. The molecule has 0 fully saturated rings. The van der Waals surface area contributed by atoms with Gasteiger partial charge in [-0.1, -0.05) is 162 Å². The number of rotatable bonds is 26. The molecule has 0 unspecified atom stereocenters. The summed E-state index contributed by atoms with van der Waals surface area (Å²) in [4.78, 5) is 20.2. The molecule has 0 aromatic carbocycles. The predicted octanol–water partition coefficient (Wildman–Crippen LogP) is 7.35. The van der Waals surface area contributed by atoms with Crippen LogP contribution in [0.5, 0.6) is 0 Å². The van der Waals surface area contributed by atoms with E-state index in [9.17, 15) is 9.59 Å². The van der Waals surface area contributed by atoms with E-state index in [1.54, 1.807) is 0 Å². The summed E-state index contributed by atoms with van der Waals surface area (Å²) in [6, 6.07) is 0. The second-order valence-corrected chi connectivity index (χ2v) is 9.82. The van der Waals surface area contributed by atoms with Crippen LogP contribution >= 0.6 is 0 Å². The maximum absolute atomic E-state index is 10.2. The van der Waals surface area contributed by atoms with Crippen molar-refractivity contribution in [2.75, 3.05) is 0 Å². The molecule has 0 aromatic rings. The van der Waals surface area contributed by atoms with E-state index in [-0.39, 0.29) is 29.6 Å². The van der Waals surface area contributed by atoms with Gasteiger partial charge in [0.1, 0.15) is 0 Å². The van der Waals surface area contributed by atoms with Gasteiger partial charge in [-0.2, -0.15) is 6.42 Å². The molecule has 0 atom stereocenters. The van der Waals surface area contributed by atoms with Crippen LogP contribution in [0, 0.1) is 0 Å². The van der Waals surface area contributed by atoms with E-state index >= 15 is 0 Å². The maximum atomic E-state index is 10.2. The Labute approximate surface area is 236 Å². The van der Waals surface area contributed by atoms with E-state index in [0.717, 1.165) is 19.3 Å². The zero-order chi connectivity index (χ0) is 24.7. The molecule has 1 N–H and O–H groups in total. The van der Waals surface area contributed by atoms with Gasteiger partial charge in [-0.25, -0.2) is 0 Å². The summed E-state index contributed by atoms with van der Waals surface area (Å²) >= 11 is 0. The zero-order valence-electron chi connectivity index (χ0n) is 23.6. The van der Waals surface area contributed by atoms with E-state index in [2.05, 4.69) is 13.8 Å². The van der Waals surface area contributed by atoms with Gasteiger partial charge < -0.3 is 9.90 Å². The average Bonchev–Trinajstić information content (AvgIpc) is 2.81. The molecule has 0 aliphatic heterocycles. The molecule has 34 heavy (non-hydrogen) atoms. The Bertz CT molecular complexity index is 374. The Morgan fingerprint density at radius 2 is 0.765 bits per heavy atom. The summed E-state index contributed by atoms with van der Waals surface area (Å²) in [5, 5.41) is 8.41. The van der Waals surface area contributed by atoms with Crippen LogP contribution in [0.2, 0.25) is 0 Å². The van der Waals surface area contributed by atoms with Crippen molar-refractivity contribution in [3.8, 4) is 0 Å². The molecule has 0 aliphatic carbocycles. The van der Waals surface area contributed by atoms with Gasteiger partial charge >= 0.3 is 35.5 Å². The Morgan fingerprint density at radius 3 is 1.03 bits per heavy atom. The monoisotopic (exact) mass is 490 g/mol. The van der Waals surface area contributed by atoms with Crippen LogP contribution in [0.3, 0.4) is 0 Å². The fourth-order valence-electron chi connectivity index (χ4n) is 4.16. The molecule has 0 amide bonds. The van der Waals surface area contributed by atoms with Crippen LogP contribution in [-0.2, 0) is 9.59 Å². The number of carboxylic acid groups (broad SMARTS) is 1. The molecule has 0 rings (SSSR count). The molecular weight excluding hydrogens is 431 g/mol. The molecule has 0 aromatic heterocycles. The first kappa shape index (κ1) is 38.7. The summed E-state index contributed by atoms with van der Waals surface area (Å²) in [5.74, 6) is -0.659. The normalized spacial score (nSPS) is 10.3. The Balaban J connectivity index is -0.000000573. The number of carbonyl (C=O) groups excluding carboxylic acids is 1. The number of carbonyl (C=O) groups is 1. The second kappa shape index (κ2) is 37.7. The minimum Gasteiger partial charge on any atom is -0.542 e. The van der Waals surface area contributed by atoms with Crippen LogP contribution in [0.4, 0.5) is 0 Å². The minimum absolute atomic E-state index is 0. The van der Waals surface area contributed by atoms with Crippen molar-refractivity contribution in [2.24, 2.45) is 0 Å². The van der Waals surface area contributed by atoms with E-state index in [4.69, 9.17) is 5.11 Å². The quantitative estimate of drug-likeness (QED) is 0.0783. The maximum Gasteiger partial charge on any atom is 1.00 e. The van der Waals surface area contributed by atoms with Crippen molar-refractivity contribution >= 4 is 12.3 Å². The van der Waals surface area contributed by atoms with Crippen LogP contribution in [-0.4, -0.2) is 17.4 Å². The summed E-state index contributed by atoms with van der Waals surface area (Å²) < 4.78 is 0. The first-order valence-corrected chi connectivity index (χ1v) is 14.8. The Morgan fingerprint density at radius 1 is 0.500 bits per heavy atom. The smallest absolute Gasteiger partial charge is 0.542 e. The van der Waals surface area contributed by atoms with E-state index in [1.165, 1.54) is 135 Å². The number of hydrogen-bond donors (Lipinski definition) is 1. The summed E-state index contributed by atoms with van der Waals surface area (Å²) in [6.45, 7) is 4.51. The van der Waals surface area contributed by atoms with Crippen LogP contribution in [0.15, 0.2) is 0 Å². The second-order valence-electron chi connectivity index (χ2n) is 9.82. The first-order chi connectivity index (χ1) is 16.2. The van der Waals surface area contributed by atoms with Crippen LogP contribution in [0.25, 0.3) is 0 Å². The molecular formula is C30H59NaO3. The topological polar surface area (TPSA) is 54.4 Å². The number of aliphatic carboxylic acids is 1. The number of carboxylic acids is 1. The summed E-state index contributed by atoms with van der Waals surface area (Å²) in [5.41, 5.74) is 0. The van der Waals surface area contributed by atoms with Crippen LogP contribution in [0.1, 0.15) is 181 Å². The Kier molecular flexibility index (Phi) is 42.9. The Hall–Kier alpha value is 0.140. The van der Waals surface area contributed by atoms with Gasteiger partial charge in [0, 0.05) is 6.42 Å². The van der Waals surface area contributed by atoms with Gasteiger partial charge in [0.2, 0.25) is 0 Å². The fourth-order valence-corrected chi connectivity index (χ4v) is 4.16. The standard InChI is InChI=1S/C18H35O.C12H24O2.Na/c1-2-3-4-5-6-7-8-9-10-11-12-13-14-15-16-17-18-19;1-2-3-4-5-6-7-8-9-10-11-12(13)14;/h2-17H2,1H3;2-11H2,1H3,(H,13,14);/q-1;;+1. The zero-order valence-corrected chi connectivity index (χ0v) is 25.6. The molecule has 198 valence electrons. The molecule has 0 bridgehead atoms. The molecule has 3 nitrogen and oxygen atoms in total. The van der Waals surface area contributed by atoms with Gasteiger partial charge in [-0.05, 0) is 6.42 Å². The molecule has 0 saturated carbocycles. The van der Waals surface area contributed by atoms with Crippen LogP contribution < -0.4 is 29.6 Å². The van der Waals surface area contributed by atoms with Crippen molar-refractivity contribution in [3.63, 3.8) is 0 Å². The predicted molar refractivity (Wildman–Crippen MR) is 145 cm³/mol. The molecule has 0 aliphatic rings. The van der Waals surface area contributed by atoms with Gasteiger partial charge in [0.15, 0.2) is 0 Å². The third-order valence-electron chi connectivity index (χ3n) is 6.38. The van der Waals surface area contributed by atoms with Gasteiger partial charge in [0.25, 0.3) is 0 Å². The molecule has 0 saturated heterocycles. The summed E-state index contributed by atoms with van der Waals surface area (Å²) in [7, 11) is 0. The third-order valence-corrected chi connectivity index (χ3v) is 6.38. The summed E-state index contributed by atoms with van der Waals surface area (Å²) in [6.07, 6.45) is 34.7. The SMILES string of the molecule is CCCCCCCCCCCC(=O)O.CCCCCCCCCCCCCCCCC[C-]=O.[Na+]. The number of unbranched alkanes of at least 4 members (excludes halogenated alkanes) is 23.